The van der Waals surface area contributed by atoms with Crippen LogP contribution < -0.4 is 11.1 Å². The SMILES string of the molecule is Cc1c(N)cccc1NC(=O)C(C)OCC1CCCCC1. The lowest BCUT2D eigenvalue weighted by molar-refractivity contribution is -0.127. The molecular formula is C17H26N2O2. The van der Waals surface area contributed by atoms with Crippen LogP contribution in [0.1, 0.15) is 44.6 Å². The third kappa shape index (κ3) is 4.46. The van der Waals surface area contributed by atoms with Gasteiger partial charge in [-0.25, -0.2) is 0 Å². The van der Waals surface area contributed by atoms with E-state index in [4.69, 9.17) is 10.5 Å². The minimum absolute atomic E-state index is 0.112. The van der Waals surface area contributed by atoms with Gasteiger partial charge < -0.3 is 15.8 Å². The van der Waals surface area contributed by atoms with Gasteiger partial charge in [-0.15, -0.1) is 0 Å². The second-order valence-electron chi connectivity index (χ2n) is 5.99. The zero-order chi connectivity index (χ0) is 15.2. The van der Waals surface area contributed by atoms with Crippen LogP contribution in [0.3, 0.4) is 0 Å². The second-order valence-corrected chi connectivity index (χ2v) is 5.99. The van der Waals surface area contributed by atoms with Crippen molar-refractivity contribution in [3.8, 4) is 0 Å². The summed E-state index contributed by atoms with van der Waals surface area (Å²) in [4.78, 5) is 12.2. The lowest BCUT2D eigenvalue weighted by atomic mass is 9.90. The fourth-order valence-corrected chi connectivity index (χ4v) is 2.73. The van der Waals surface area contributed by atoms with Crippen LogP contribution in [0.2, 0.25) is 0 Å². The Morgan fingerprint density at radius 2 is 2.10 bits per heavy atom. The van der Waals surface area contributed by atoms with E-state index in [-0.39, 0.29) is 5.91 Å². The van der Waals surface area contributed by atoms with Crippen molar-refractivity contribution in [2.75, 3.05) is 17.7 Å². The number of carbonyl (C=O) groups is 1. The molecule has 1 amide bonds. The maximum absolute atomic E-state index is 12.2. The molecule has 2 rings (SSSR count). The fraction of sp³-hybridized carbons (Fsp3) is 0.588. The molecule has 0 spiro atoms. The highest BCUT2D eigenvalue weighted by molar-refractivity contribution is 5.95. The molecule has 4 nitrogen and oxygen atoms in total. The molecule has 116 valence electrons. The monoisotopic (exact) mass is 290 g/mol. The smallest absolute Gasteiger partial charge is 0.253 e. The molecule has 1 aromatic rings. The molecule has 0 radical (unpaired) electrons. The molecular weight excluding hydrogens is 264 g/mol. The molecule has 1 aliphatic rings. The summed E-state index contributed by atoms with van der Waals surface area (Å²) in [6.45, 7) is 4.39. The Balaban J connectivity index is 1.83. The average molecular weight is 290 g/mol. The molecule has 0 bridgehead atoms. The van der Waals surface area contributed by atoms with Crippen LogP contribution in [0.25, 0.3) is 0 Å². The first-order chi connectivity index (χ1) is 10.1. The summed E-state index contributed by atoms with van der Waals surface area (Å²) >= 11 is 0. The maximum atomic E-state index is 12.2. The van der Waals surface area contributed by atoms with Crippen molar-refractivity contribution < 1.29 is 9.53 Å². The van der Waals surface area contributed by atoms with Crippen molar-refractivity contribution in [1.82, 2.24) is 0 Å². The number of anilines is 2. The van der Waals surface area contributed by atoms with E-state index in [1.807, 2.05) is 25.1 Å². The highest BCUT2D eigenvalue weighted by Crippen LogP contribution is 2.24. The maximum Gasteiger partial charge on any atom is 0.253 e. The van der Waals surface area contributed by atoms with E-state index in [0.717, 1.165) is 11.3 Å². The molecule has 0 aromatic heterocycles. The molecule has 1 saturated carbocycles. The van der Waals surface area contributed by atoms with E-state index in [2.05, 4.69) is 5.32 Å². The Morgan fingerprint density at radius 1 is 1.38 bits per heavy atom. The zero-order valence-corrected chi connectivity index (χ0v) is 13.0. The number of benzene rings is 1. The minimum atomic E-state index is -0.437. The van der Waals surface area contributed by atoms with Gasteiger partial charge in [0.15, 0.2) is 0 Å². The largest absolute Gasteiger partial charge is 0.398 e. The van der Waals surface area contributed by atoms with Crippen LogP contribution in [0.5, 0.6) is 0 Å². The van der Waals surface area contributed by atoms with Gasteiger partial charge in [0, 0.05) is 11.4 Å². The van der Waals surface area contributed by atoms with E-state index in [1.54, 1.807) is 6.92 Å². The summed E-state index contributed by atoms with van der Waals surface area (Å²) in [6.07, 6.45) is 5.92. The summed E-state index contributed by atoms with van der Waals surface area (Å²) in [6, 6.07) is 5.52. The number of hydrogen-bond acceptors (Lipinski definition) is 3. The molecule has 1 atom stereocenters. The number of nitrogen functional groups attached to an aromatic ring is 1. The lowest BCUT2D eigenvalue weighted by Gasteiger charge is -2.23. The van der Waals surface area contributed by atoms with Crippen molar-refractivity contribution in [1.29, 1.82) is 0 Å². The number of rotatable bonds is 5. The van der Waals surface area contributed by atoms with Gasteiger partial charge in [-0.1, -0.05) is 25.3 Å². The van der Waals surface area contributed by atoms with E-state index >= 15 is 0 Å². The first kappa shape index (κ1) is 15.8. The van der Waals surface area contributed by atoms with Gasteiger partial charge >= 0.3 is 0 Å². The van der Waals surface area contributed by atoms with Gasteiger partial charge in [-0.05, 0) is 50.3 Å². The molecule has 1 fully saturated rings. The van der Waals surface area contributed by atoms with Crippen molar-refractivity contribution >= 4 is 17.3 Å². The molecule has 1 unspecified atom stereocenters. The van der Waals surface area contributed by atoms with Crippen LogP contribution in [-0.4, -0.2) is 18.6 Å². The number of carbonyl (C=O) groups excluding carboxylic acids is 1. The van der Waals surface area contributed by atoms with E-state index < -0.39 is 6.10 Å². The highest BCUT2D eigenvalue weighted by Gasteiger charge is 2.19. The number of amides is 1. The highest BCUT2D eigenvalue weighted by atomic mass is 16.5. The van der Waals surface area contributed by atoms with Crippen molar-refractivity contribution in [3.05, 3.63) is 23.8 Å². The summed E-state index contributed by atoms with van der Waals surface area (Å²) in [5.74, 6) is 0.502. The van der Waals surface area contributed by atoms with Crippen LogP contribution in [0, 0.1) is 12.8 Å². The minimum Gasteiger partial charge on any atom is -0.398 e. The number of ether oxygens (including phenoxy) is 1. The van der Waals surface area contributed by atoms with Gasteiger partial charge in [0.25, 0.3) is 5.91 Å². The predicted octanol–water partition coefficient (Wildman–Crippen LogP) is 3.50. The van der Waals surface area contributed by atoms with E-state index in [0.29, 0.717) is 18.2 Å². The van der Waals surface area contributed by atoms with E-state index in [9.17, 15) is 4.79 Å². The Hall–Kier alpha value is -1.55. The quantitative estimate of drug-likeness (QED) is 0.816. The second kappa shape index (κ2) is 7.46. The van der Waals surface area contributed by atoms with Crippen molar-refractivity contribution in [3.63, 3.8) is 0 Å². The number of nitrogens with two attached hydrogens (primary N) is 1. The molecule has 0 saturated heterocycles. The standard InChI is InChI=1S/C17H26N2O2/c1-12-15(18)9-6-10-16(12)19-17(20)13(2)21-11-14-7-4-3-5-8-14/h6,9-10,13-14H,3-5,7-8,11,18H2,1-2H3,(H,19,20). The van der Waals surface area contributed by atoms with Crippen LogP contribution in [-0.2, 0) is 9.53 Å². The Labute approximate surface area is 127 Å². The fourth-order valence-electron chi connectivity index (χ4n) is 2.73. The molecule has 4 heteroatoms. The molecule has 1 aliphatic carbocycles. The topological polar surface area (TPSA) is 64.3 Å². The number of nitrogens with one attached hydrogen (secondary N) is 1. The van der Waals surface area contributed by atoms with Gasteiger partial charge in [0.1, 0.15) is 6.10 Å². The van der Waals surface area contributed by atoms with Gasteiger partial charge in [-0.3, -0.25) is 4.79 Å². The zero-order valence-electron chi connectivity index (χ0n) is 13.0. The van der Waals surface area contributed by atoms with E-state index in [1.165, 1.54) is 32.1 Å². The van der Waals surface area contributed by atoms with Gasteiger partial charge in [0.05, 0.1) is 6.61 Å². The third-order valence-corrected chi connectivity index (χ3v) is 4.31. The molecule has 3 N–H and O–H groups in total. The molecule has 21 heavy (non-hydrogen) atoms. The summed E-state index contributed by atoms with van der Waals surface area (Å²) < 4.78 is 5.74. The Kier molecular flexibility index (Phi) is 5.62. The normalized spacial score (nSPS) is 17.4. The average Bonchev–Trinajstić information content (AvgIpc) is 2.50. The number of hydrogen-bond donors (Lipinski definition) is 2. The van der Waals surface area contributed by atoms with Crippen LogP contribution >= 0.6 is 0 Å². The first-order valence-corrected chi connectivity index (χ1v) is 7.85. The predicted molar refractivity (Wildman–Crippen MR) is 86.2 cm³/mol. The van der Waals surface area contributed by atoms with Crippen molar-refractivity contribution in [2.45, 2.75) is 52.1 Å². The Bertz CT molecular complexity index is 482. The van der Waals surface area contributed by atoms with Crippen LogP contribution in [0.15, 0.2) is 18.2 Å². The lowest BCUT2D eigenvalue weighted by Crippen LogP contribution is -2.30. The Morgan fingerprint density at radius 3 is 2.81 bits per heavy atom. The van der Waals surface area contributed by atoms with Crippen molar-refractivity contribution in [2.24, 2.45) is 5.92 Å². The third-order valence-electron chi connectivity index (χ3n) is 4.31. The summed E-state index contributed by atoms with van der Waals surface area (Å²) in [5, 5.41) is 2.89. The van der Waals surface area contributed by atoms with Gasteiger partial charge in [0.2, 0.25) is 0 Å². The first-order valence-electron chi connectivity index (χ1n) is 7.85. The summed E-state index contributed by atoms with van der Waals surface area (Å²) in [5.41, 5.74) is 8.18. The van der Waals surface area contributed by atoms with Gasteiger partial charge in [-0.2, -0.15) is 0 Å². The summed E-state index contributed by atoms with van der Waals surface area (Å²) in [7, 11) is 0. The molecule has 1 aromatic carbocycles. The molecule has 0 aliphatic heterocycles. The van der Waals surface area contributed by atoms with Crippen LogP contribution in [0.4, 0.5) is 11.4 Å². The molecule has 0 heterocycles.